The van der Waals surface area contributed by atoms with Gasteiger partial charge < -0.3 is 30.0 Å². The van der Waals surface area contributed by atoms with Crippen LogP contribution in [0.3, 0.4) is 0 Å². The van der Waals surface area contributed by atoms with Crippen molar-refractivity contribution in [1.82, 2.24) is 20.5 Å². The number of likely N-dealkylation sites (tertiary alicyclic amines) is 1. The van der Waals surface area contributed by atoms with E-state index in [1.807, 2.05) is 91.1 Å². The summed E-state index contributed by atoms with van der Waals surface area (Å²) in [7, 11) is 2.53. The number of hydrogen-bond acceptors (Lipinski definition) is 7. The van der Waals surface area contributed by atoms with E-state index >= 15 is 0 Å². The summed E-state index contributed by atoms with van der Waals surface area (Å²) in [6.07, 6.45) is 8.46. The Morgan fingerprint density at radius 3 is 2.04 bits per heavy atom. The number of aromatic amines is 1. The second-order valence-corrected chi connectivity index (χ2v) is 17.1. The van der Waals surface area contributed by atoms with Gasteiger partial charge in [0.05, 0.1) is 20.3 Å². The van der Waals surface area contributed by atoms with Gasteiger partial charge in [0, 0.05) is 41.9 Å². The number of H-pyrrole nitrogens is 1. The molecule has 1 aliphatic heterocycles. The molecular weight excluding hydrogens is 721 g/mol. The predicted molar refractivity (Wildman–Crippen MR) is 213 cm³/mol. The van der Waals surface area contributed by atoms with Crippen LogP contribution in [0.1, 0.15) is 61.6 Å². The minimum atomic E-state index is -1.66. The van der Waals surface area contributed by atoms with E-state index in [1.165, 1.54) is 38.4 Å². The number of fused-ring (bicyclic) bond motifs is 1. The topological polar surface area (TPSA) is 147 Å². The molecule has 11 heteroatoms. The first kappa shape index (κ1) is 38.4. The maximum atomic E-state index is 14.9. The van der Waals surface area contributed by atoms with E-state index in [4.69, 9.17) is 9.47 Å². The summed E-state index contributed by atoms with van der Waals surface area (Å²) in [4.78, 5) is 76.2. The van der Waals surface area contributed by atoms with Gasteiger partial charge >= 0.3 is 11.9 Å². The monoisotopic (exact) mass is 772 g/mol. The number of benzene rings is 3. The Hall–Kier alpha value is -5.45. The first-order valence-corrected chi connectivity index (χ1v) is 20.3. The number of para-hydroxylation sites is 1. The van der Waals surface area contributed by atoms with Crippen LogP contribution in [0.5, 0.6) is 0 Å². The fraction of sp³-hybridized carbons (Fsp3) is 0.457. The fourth-order valence-corrected chi connectivity index (χ4v) is 11.1. The average Bonchev–Trinajstić information content (AvgIpc) is 3.75. The summed E-state index contributed by atoms with van der Waals surface area (Å²) in [6.45, 7) is -0.0714. The Kier molecular flexibility index (Phi) is 10.7. The van der Waals surface area contributed by atoms with Crippen LogP contribution in [0, 0.1) is 28.6 Å². The standard InChI is InChI=1S/C46H52N4O7/c1-56-41(52)39(20-29-11-5-3-6-12-29)50-35(26-46(43(50)54,44(55)57-2)25-30-13-7-4-8-14-30)28-48-40(51)38(21-34-27-47-37-16-10-9-15-36(34)37)49-42(53)45-22-31-17-32(23-45)19-33(18-31)24-45/h3-16,27,31-33,35,38-39,47H,17-26,28H2,1-2H3,(H,48,51)(H,49,53)/t31?,32?,33?,35-,38+,39+,45?,46-/m1/s1. The molecule has 2 heterocycles. The molecule has 4 bridgehead atoms. The largest absolute Gasteiger partial charge is 0.468 e. The van der Waals surface area contributed by atoms with Crippen LogP contribution >= 0.6 is 0 Å². The van der Waals surface area contributed by atoms with Crippen LogP contribution in [0.15, 0.2) is 91.1 Å². The smallest absolute Gasteiger partial charge is 0.328 e. The molecule has 0 spiro atoms. The number of carbonyl (C=O) groups excluding carboxylic acids is 5. The molecule has 11 nitrogen and oxygen atoms in total. The van der Waals surface area contributed by atoms with E-state index in [1.54, 1.807) is 0 Å². The third-order valence-electron chi connectivity index (χ3n) is 13.4. The highest BCUT2D eigenvalue weighted by molar-refractivity contribution is 6.06. The number of amides is 3. The summed E-state index contributed by atoms with van der Waals surface area (Å²) >= 11 is 0. The highest BCUT2D eigenvalue weighted by atomic mass is 16.5. The molecule has 5 aliphatic rings. The van der Waals surface area contributed by atoms with Crippen molar-refractivity contribution in [1.29, 1.82) is 0 Å². The second-order valence-electron chi connectivity index (χ2n) is 17.1. The normalized spacial score (nSPS) is 27.2. The van der Waals surface area contributed by atoms with Crippen molar-refractivity contribution in [3.63, 3.8) is 0 Å². The number of hydrogen-bond donors (Lipinski definition) is 3. The number of ether oxygens (including phenoxy) is 2. The van der Waals surface area contributed by atoms with Gasteiger partial charge in [-0.05, 0) is 91.9 Å². The van der Waals surface area contributed by atoms with Crippen molar-refractivity contribution in [2.45, 2.75) is 82.3 Å². The Bertz CT molecular complexity index is 2100. The number of nitrogens with one attached hydrogen (secondary N) is 3. The van der Waals surface area contributed by atoms with Crippen molar-refractivity contribution in [2.75, 3.05) is 20.8 Å². The quantitative estimate of drug-likeness (QED) is 0.116. The molecular formula is C46H52N4O7. The van der Waals surface area contributed by atoms with Crippen LogP contribution in [0.25, 0.3) is 10.9 Å². The lowest BCUT2D eigenvalue weighted by molar-refractivity contribution is -0.163. The minimum absolute atomic E-state index is 0.0112. The van der Waals surface area contributed by atoms with E-state index in [0.717, 1.165) is 46.9 Å². The van der Waals surface area contributed by atoms with Crippen LogP contribution in [0.4, 0.5) is 0 Å². The molecule has 1 aromatic heterocycles. The number of methoxy groups -OCH3 is 2. The van der Waals surface area contributed by atoms with Gasteiger partial charge in [-0.25, -0.2) is 4.79 Å². The summed E-state index contributed by atoms with van der Waals surface area (Å²) in [5.74, 6) is -0.700. The maximum absolute atomic E-state index is 14.9. The molecule has 4 aliphatic carbocycles. The molecule has 4 atom stereocenters. The lowest BCUT2D eigenvalue weighted by Gasteiger charge is -2.55. The molecule has 4 aromatic rings. The van der Waals surface area contributed by atoms with Crippen LogP contribution in [-0.4, -0.2) is 78.4 Å². The van der Waals surface area contributed by atoms with E-state index in [2.05, 4.69) is 15.6 Å². The zero-order valence-electron chi connectivity index (χ0n) is 32.7. The van der Waals surface area contributed by atoms with Crippen molar-refractivity contribution in [2.24, 2.45) is 28.6 Å². The van der Waals surface area contributed by atoms with Gasteiger partial charge in [-0.15, -0.1) is 0 Å². The van der Waals surface area contributed by atoms with Gasteiger partial charge in [0.2, 0.25) is 17.7 Å². The molecule has 3 amide bonds. The average molecular weight is 773 g/mol. The first-order valence-electron chi connectivity index (χ1n) is 20.3. The Labute approximate surface area is 333 Å². The lowest BCUT2D eigenvalue weighted by Crippen LogP contribution is -2.58. The predicted octanol–water partition coefficient (Wildman–Crippen LogP) is 5.32. The number of esters is 2. The molecule has 3 aromatic carbocycles. The maximum Gasteiger partial charge on any atom is 0.328 e. The SMILES string of the molecule is COC(=O)[C@H](Cc1ccccc1)N1C(=O)[C@](Cc2ccccc2)(C(=O)OC)C[C@@H]1CNC(=O)[C@H](Cc1c[nH]c2ccccc12)NC(=O)C12CC3CC(CC(C3)C1)C2. The van der Waals surface area contributed by atoms with Crippen molar-refractivity contribution < 1.29 is 33.4 Å². The van der Waals surface area contributed by atoms with Gasteiger partial charge in [0.15, 0.2) is 5.41 Å². The molecule has 298 valence electrons. The highest BCUT2D eigenvalue weighted by Gasteiger charge is 2.60. The zero-order chi connectivity index (χ0) is 39.7. The number of rotatable bonds is 14. The van der Waals surface area contributed by atoms with Gasteiger partial charge in [0.1, 0.15) is 12.1 Å². The third-order valence-corrected chi connectivity index (χ3v) is 13.4. The number of aromatic nitrogens is 1. The summed E-state index contributed by atoms with van der Waals surface area (Å²) in [5, 5.41) is 7.29. The molecule has 3 N–H and O–H groups in total. The van der Waals surface area contributed by atoms with Crippen LogP contribution in [-0.2, 0) is 52.7 Å². The van der Waals surface area contributed by atoms with E-state index in [0.29, 0.717) is 17.8 Å². The third kappa shape index (κ3) is 7.44. The van der Waals surface area contributed by atoms with Gasteiger partial charge in [-0.3, -0.25) is 19.2 Å². The number of nitrogens with zero attached hydrogens (tertiary/aromatic N) is 1. The molecule has 0 radical (unpaired) electrons. The Balaban J connectivity index is 1.10. The molecule has 5 fully saturated rings. The Morgan fingerprint density at radius 1 is 0.789 bits per heavy atom. The Morgan fingerprint density at radius 2 is 1.40 bits per heavy atom. The van der Waals surface area contributed by atoms with Gasteiger partial charge in [0.25, 0.3) is 0 Å². The second kappa shape index (κ2) is 15.8. The summed E-state index contributed by atoms with van der Waals surface area (Å²) < 4.78 is 10.6. The van der Waals surface area contributed by atoms with Crippen LogP contribution in [0.2, 0.25) is 0 Å². The molecule has 4 saturated carbocycles. The van der Waals surface area contributed by atoms with Crippen molar-refractivity contribution >= 4 is 40.6 Å². The molecule has 9 rings (SSSR count). The van der Waals surface area contributed by atoms with E-state index in [9.17, 15) is 24.0 Å². The van der Waals surface area contributed by atoms with E-state index < -0.39 is 52.7 Å². The molecule has 1 saturated heterocycles. The summed E-state index contributed by atoms with van der Waals surface area (Å²) in [6, 6.07) is 23.6. The zero-order valence-corrected chi connectivity index (χ0v) is 32.7. The van der Waals surface area contributed by atoms with Crippen molar-refractivity contribution in [3.05, 3.63) is 108 Å². The van der Waals surface area contributed by atoms with Crippen molar-refractivity contribution in [3.8, 4) is 0 Å². The fourth-order valence-electron chi connectivity index (χ4n) is 11.1. The molecule has 57 heavy (non-hydrogen) atoms. The highest BCUT2D eigenvalue weighted by Crippen LogP contribution is 2.60. The van der Waals surface area contributed by atoms with Gasteiger partial charge in [-0.2, -0.15) is 0 Å². The first-order chi connectivity index (χ1) is 27.6. The number of carbonyl (C=O) groups is 5. The van der Waals surface area contributed by atoms with Crippen LogP contribution < -0.4 is 10.6 Å². The minimum Gasteiger partial charge on any atom is -0.468 e. The molecule has 0 unspecified atom stereocenters. The van der Waals surface area contributed by atoms with E-state index in [-0.39, 0.29) is 38.1 Å². The lowest BCUT2D eigenvalue weighted by atomic mass is 9.49. The van der Waals surface area contributed by atoms with Gasteiger partial charge in [-0.1, -0.05) is 78.9 Å². The summed E-state index contributed by atoms with van der Waals surface area (Å²) in [5.41, 5.74) is 1.26.